The summed E-state index contributed by atoms with van der Waals surface area (Å²) in [6, 6.07) is 4.74. The average molecular weight is 272 g/mol. The van der Waals surface area contributed by atoms with Gasteiger partial charge in [0.05, 0.1) is 6.10 Å². The Hall–Kier alpha value is -0.640. The molecule has 0 saturated heterocycles. The van der Waals surface area contributed by atoms with Crippen molar-refractivity contribution in [3.63, 3.8) is 0 Å². The smallest absolute Gasteiger partial charge is 0.124 e. The summed E-state index contributed by atoms with van der Waals surface area (Å²) in [6.45, 7) is 6.08. The zero-order chi connectivity index (χ0) is 13.5. The SMILES string of the molecule is CC(NC1CC(O)C1(C)C)c1ccc(F)cc1Cl. The van der Waals surface area contributed by atoms with Crippen molar-refractivity contribution < 1.29 is 9.50 Å². The van der Waals surface area contributed by atoms with Gasteiger partial charge in [0.2, 0.25) is 0 Å². The Labute approximate surface area is 112 Å². The van der Waals surface area contributed by atoms with Gasteiger partial charge in [0.25, 0.3) is 0 Å². The monoisotopic (exact) mass is 271 g/mol. The van der Waals surface area contributed by atoms with Gasteiger partial charge in [-0.2, -0.15) is 0 Å². The first kappa shape index (κ1) is 13.8. The molecule has 0 amide bonds. The predicted octanol–water partition coefficient (Wildman–Crippen LogP) is 3.29. The van der Waals surface area contributed by atoms with E-state index in [-0.39, 0.29) is 29.4 Å². The molecule has 2 rings (SSSR count). The van der Waals surface area contributed by atoms with Gasteiger partial charge < -0.3 is 10.4 Å². The molecule has 2 nitrogen and oxygen atoms in total. The molecule has 3 unspecified atom stereocenters. The van der Waals surface area contributed by atoms with Crippen LogP contribution in [0.1, 0.15) is 38.8 Å². The predicted molar refractivity (Wildman–Crippen MR) is 71.2 cm³/mol. The maximum atomic E-state index is 13.0. The third-order valence-corrected chi connectivity index (χ3v) is 4.42. The van der Waals surface area contributed by atoms with E-state index in [1.165, 1.54) is 12.1 Å². The molecule has 1 fully saturated rings. The Bertz CT molecular complexity index is 449. The number of benzene rings is 1. The Kier molecular flexibility index (Phi) is 3.67. The number of nitrogens with one attached hydrogen (secondary N) is 1. The van der Waals surface area contributed by atoms with Crippen LogP contribution in [0.3, 0.4) is 0 Å². The van der Waals surface area contributed by atoms with Gasteiger partial charge in [0.15, 0.2) is 0 Å². The van der Waals surface area contributed by atoms with Crippen LogP contribution in [0.4, 0.5) is 4.39 Å². The second-order valence-electron chi connectivity index (χ2n) is 5.68. The highest BCUT2D eigenvalue weighted by Crippen LogP contribution is 2.41. The van der Waals surface area contributed by atoms with Gasteiger partial charge in [0, 0.05) is 22.5 Å². The summed E-state index contributed by atoms with van der Waals surface area (Å²) in [5, 5.41) is 13.6. The molecular weight excluding hydrogens is 253 g/mol. The highest BCUT2D eigenvalue weighted by Gasteiger charge is 2.47. The average Bonchev–Trinajstić information content (AvgIpc) is 2.28. The molecule has 1 aliphatic carbocycles. The van der Waals surface area contributed by atoms with E-state index < -0.39 is 0 Å². The van der Waals surface area contributed by atoms with Crippen LogP contribution in [-0.4, -0.2) is 17.3 Å². The van der Waals surface area contributed by atoms with Crippen LogP contribution in [0.15, 0.2) is 18.2 Å². The van der Waals surface area contributed by atoms with Gasteiger partial charge in [-0.3, -0.25) is 0 Å². The van der Waals surface area contributed by atoms with Gasteiger partial charge in [-0.15, -0.1) is 0 Å². The molecule has 0 aromatic heterocycles. The van der Waals surface area contributed by atoms with Gasteiger partial charge in [0.1, 0.15) is 5.82 Å². The molecule has 1 aromatic carbocycles. The van der Waals surface area contributed by atoms with Gasteiger partial charge >= 0.3 is 0 Å². The fourth-order valence-electron chi connectivity index (χ4n) is 2.43. The Balaban J connectivity index is 2.07. The van der Waals surface area contributed by atoms with Gasteiger partial charge in [-0.05, 0) is 31.0 Å². The Morgan fingerprint density at radius 3 is 2.67 bits per heavy atom. The first-order valence-corrected chi connectivity index (χ1v) is 6.59. The van der Waals surface area contributed by atoms with Crippen LogP contribution in [0.5, 0.6) is 0 Å². The molecule has 100 valence electrons. The summed E-state index contributed by atoms with van der Waals surface area (Å²) in [5.41, 5.74) is 0.760. The van der Waals surface area contributed by atoms with E-state index in [1.807, 2.05) is 20.8 Å². The minimum Gasteiger partial charge on any atom is -0.392 e. The lowest BCUT2D eigenvalue weighted by Gasteiger charge is -2.50. The molecule has 0 aliphatic heterocycles. The van der Waals surface area contributed by atoms with Crippen molar-refractivity contribution in [1.29, 1.82) is 0 Å². The third-order valence-electron chi connectivity index (χ3n) is 4.10. The highest BCUT2D eigenvalue weighted by molar-refractivity contribution is 6.31. The zero-order valence-corrected chi connectivity index (χ0v) is 11.6. The van der Waals surface area contributed by atoms with Crippen molar-refractivity contribution >= 4 is 11.6 Å². The van der Waals surface area contributed by atoms with Crippen LogP contribution in [0.25, 0.3) is 0 Å². The van der Waals surface area contributed by atoms with E-state index in [0.717, 1.165) is 12.0 Å². The van der Waals surface area contributed by atoms with Crippen LogP contribution in [0.2, 0.25) is 5.02 Å². The molecular formula is C14H19ClFNO. The van der Waals surface area contributed by atoms with Crippen LogP contribution < -0.4 is 5.32 Å². The van der Waals surface area contributed by atoms with Crippen molar-refractivity contribution in [3.8, 4) is 0 Å². The molecule has 0 radical (unpaired) electrons. The van der Waals surface area contributed by atoms with Crippen molar-refractivity contribution in [2.24, 2.45) is 5.41 Å². The molecule has 0 heterocycles. The summed E-state index contributed by atoms with van der Waals surface area (Å²) >= 11 is 6.04. The van der Waals surface area contributed by atoms with Crippen LogP contribution in [0, 0.1) is 11.2 Å². The van der Waals surface area contributed by atoms with Crippen molar-refractivity contribution in [1.82, 2.24) is 5.32 Å². The standard InChI is InChI=1S/C14H19ClFNO/c1-8(10-5-4-9(16)6-11(10)15)17-12-7-13(18)14(12,2)3/h4-6,8,12-13,17-18H,7H2,1-3H3. The molecule has 1 aliphatic rings. The molecule has 1 saturated carbocycles. The number of rotatable bonds is 3. The molecule has 0 spiro atoms. The largest absolute Gasteiger partial charge is 0.392 e. The molecule has 4 heteroatoms. The van der Waals surface area contributed by atoms with E-state index >= 15 is 0 Å². The van der Waals surface area contributed by atoms with E-state index in [0.29, 0.717) is 5.02 Å². The number of hydrogen-bond acceptors (Lipinski definition) is 2. The lowest BCUT2D eigenvalue weighted by atomic mass is 9.64. The third kappa shape index (κ3) is 2.40. The van der Waals surface area contributed by atoms with E-state index in [9.17, 15) is 9.50 Å². The Morgan fingerprint density at radius 1 is 1.50 bits per heavy atom. The highest BCUT2D eigenvalue weighted by atomic mass is 35.5. The van der Waals surface area contributed by atoms with Crippen molar-refractivity contribution in [2.75, 3.05) is 0 Å². The summed E-state index contributed by atoms with van der Waals surface area (Å²) in [6.07, 6.45) is 0.488. The molecule has 2 N–H and O–H groups in total. The van der Waals surface area contributed by atoms with Crippen LogP contribution in [-0.2, 0) is 0 Å². The fourth-order valence-corrected chi connectivity index (χ4v) is 2.76. The fraction of sp³-hybridized carbons (Fsp3) is 0.571. The van der Waals surface area contributed by atoms with E-state index in [4.69, 9.17) is 11.6 Å². The second-order valence-corrected chi connectivity index (χ2v) is 6.09. The summed E-state index contributed by atoms with van der Waals surface area (Å²) < 4.78 is 13.0. The molecule has 0 bridgehead atoms. The summed E-state index contributed by atoms with van der Waals surface area (Å²) in [7, 11) is 0. The molecule has 3 atom stereocenters. The lowest BCUT2D eigenvalue weighted by molar-refractivity contribution is -0.0754. The minimum absolute atomic E-state index is 0.0369. The summed E-state index contributed by atoms with van der Waals surface area (Å²) in [4.78, 5) is 0. The van der Waals surface area contributed by atoms with Crippen LogP contribution >= 0.6 is 11.6 Å². The number of halogens is 2. The summed E-state index contributed by atoms with van der Waals surface area (Å²) in [5.74, 6) is -0.324. The first-order chi connectivity index (χ1) is 8.32. The topological polar surface area (TPSA) is 32.3 Å². The van der Waals surface area contributed by atoms with E-state index in [2.05, 4.69) is 5.32 Å². The quantitative estimate of drug-likeness (QED) is 0.884. The molecule has 1 aromatic rings. The number of aliphatic hydroxyl groups excluding tert-OH is 1. The Morgan fingerprint density at radius 2 is 2.17 bits per heavy atom. The van der Waals surface area contributed by atoms with Crippen molar-refractivity contribution in [2.45, 2.75) is 45.4 Å². The molecule has 18 heavy (non-hydrogen) atoms. The maximum Gasteiger partial charge on any atom is 0.124 e. The van der Waals surface area contributed by atoms with E-state index in [1.54, 1.807) is 6.07 Å². The maximum absolute atomic E-state index is 13.0. The second kappa shape index (κ2) is 4.80. The first-order valence-electron chi connectivity index (χ1n) is 6.21. The minimum atomic E-state index is -0.324. The van der Waals surface area contributed by atoms with Gasteiger partial charge in [-0.25, -0.2) is 4.39 Å². The number of hydrogen-bond donors (Lipinski definition) is 2. The van der Waals surface area contributed by atoms with Gasteiger partial charge in [-0.1, -0.05) is 31.5 Å². The normalized spacial score (nSPS) is 27.7. The number of aliphatic hydroxyl groups is 1. The lowest BCUT2D eigenvalue weighted by Crippen LogP contribution is -2.60. The van der Waals surface area contributed by atoms with Crippen molar-refractivity contribution in [3.05, 3.63) is 34.6 Å². The zero-order valence-electron chi connectivity index (χ0n) is 10.9.